The van der Waals surface area contributed by atoms with Crippen LogP contribution in [0.25, 0.3) is 0 Å². The molecule has 0 fully saturated rings. The summed E-state index contributed by atoms with van der Waals surface area (Å²) in [5, 5.41) is 6.26. The van der Waals surface area contributed by atoms with Crippen molar-refractivity contribution < 1.29 is 14.3 Å². The van der Waals surface area contributed by atoms with E-state index in [1.807, 2.05) is 13.0 Å². The van der Waals surface area contributed by atoms with Crippen molar-refractivity contribution in [2.24, 2.45) is 5.10 Å². The van der Waals surface area contributed by atoms with Gasteiger partial charge in [0.05, 0.1) is 13.3 Å². The Bertz CT molecular complexity index is 741. The molecule has 0 aromatic heterocycles. The minimum Gasteiger partial charge on any atom is -0.497 e. The number of carbonyl (C=O) groups is 2. The van der Waals surface area contributed by atoms with Crippen molar-refractivity contribution in [2.45, 2.75) is 6.92 Å². The van der Waals surface area contributed by atoms with Crippen LogP contribution in [0.5, 0.6) is 5.75 Å². The van der Waals surface area contributed by atoms with Gasteiger partial charge in [-0.3, -0.25) is 9.59 Å². The van der Waals surface area contributed by atoms with E-state index in [-0.39, 0.29) is 0 Å². The van der Waals surface area contributed by atoms with E-state index in [2.05, 4.69) is 15.8 Å². The molecule has 118 valence electrons. The molecule has 0 unspecified atom stereocenters. The van der Waals surface area contributed by atoms with Crippen LogP contribution in [0.15, 0.2) is 53.6 Å². The van der Waals surface area contributed by atoms with Gasteiger partial charge in [0.25, 0.3) is 0 Å². The summed E-state index contributed by atoms with van der Waals surface area (Å²) < 4.78 is 5.08. The number of rotatable bonds is 4. The van der Waals surface area contributed by atoms with E-state index in [1.54, 1.807) is 49.6 Å². The van der Waals surface area contributed by atoms with Gasteiger partial charge in [-0.1, -0.05) is 24.3 Å². The molecule has 0 aliphatic heterocycles. The normalized spacial score (nSPS) is 10.3. The largest absolute Gasteiger partial charge is 0.497 e. The molecule has 6 heteroatoms. The average Bonchev–Trinajstić information content (AvgIpc) is 2.55. The van der Waals surface area contributed by atoms with Crippen molar-refractivity contribution in [2.75, 3.05) is 12.4 Å². The Hall–Kier alpha value is -3.15. The lowest BCUT2D eigenvalue weighted by atomic mass is 10.2. The SMILES string of the molecule is COc1cccc(/C=N/NC(=O)C(=O)Nc2cccc(C)c2)c1. The van der Waals surface area contributed by atoms with Gasteiger partial charge < -0.3 is 10.1 Å². The first-order valence-corrected chi connectivity index (χ1v) is 6.93. The van der Waals surface area contributed by atoms with Crippen molar-refractivity contribution in [3.63, 3.8) is 0 Å². The van der Waals surface area contributed by atoms with E-state index < -0.39 is 11.8 Å². The molecule has 0 aliphatic rings. The van der Waals surface area contributed by atoms with Gasteiger partial charge >= 0.3 is 11.8 Å². The lowest BCUT2D eigenvalue weighted by molar-refractivity contribution is -0.136. The number of hydrazone groups is 1. The summed E-state index contributed by atoms with van der Waals surface area (Å²) in [7, 11) is 1.56. The Balaban J connectivity index is 1.90. The van der Waals surface area contributed by atoms with Gasteiger partial charge in [0, 0.05) is 5.69 Å². The summed E-state index contributed by atoms with van der Waals surface area (Å²) in [5.41, 5.74) is 4.46. The molecule has 0 atom stereocenters. The third-order valence-electron chi connectivity index (χ3n) is 2.96. The Kier molecular flexibility index (Phi) is 5.46. The number of hydrogen-bond acceptors (Lipinski definition) is 4. The first kappa shape index (κ1) is 16.2. The molecule has 0 spiro atoms. The quantitative estimate of drug-likeness (QED) is 0.515. The zero-order chi connectivity index (χ0) is 16.7. The predicted octanol–water partition coefficient (Wildman–Crippen LogP) is 2.09. The van der Waals surface area contributed by atoms with Gasteiger partial charge in [-0.15, -0.1) is 0 Å². The molecule has 2 aromatic rings. The van der Waals surface area contributed by atoms with Crippen LogP contribution in [0.4, 0.5) is 5.69 Å². The van der Waals surface area contributed by atoms with Gasteiger partial charge in [0.15, 0.2) is 0 Å². The van der Waals surface area contributed by atoms with Crippen LogP contribution in [-0.2, 0) is 9.59 Å². The fourth-order valence-electron chi connectivity index (χ4n) is 1.85. The number of hydrogen-bond donors (Lipinski definition) is 2. The highest BCUT2D eigenvalue weighted by Crippen LogP contribution is 2.11. The maximum atomic E-state index is 11.7. The van der Waals surface area contributed by atoms with E-state index in [0.717, 1.165) is 11.1 Å². The second-order valence-corrected chi connectivity index (χ2v) is 4.80. The molecule has 2 N–H and O–H groups in total. The molecule has 2 amide bonds. The Morgan fingerprint density at radius 2 is 1.87 bits per heavy atom. The number of benzene rings is 2. The highest BCUT2D eigenvalue weighted by atomic mass is 16.5. The van der Waals surface area contributed by atoms with E-state index in [9.17, 15) is 9.59 Å². The maximum Gasteiger partial charge on any atom is 0.329 e. The van der Waals surface area contributed by atoms with Gasteiger partial charge in [0.2, 0.25) is 0 Å². The van der Waals surface area contributed by atoms with Crippen molar-refractivity contribution in [3.05, 3.63) is 59.7 Å². The van der Waals surface area contributed by atoms with Crippen LogP contribution in [0.1, 0.15) is 11.1 Å². The topological polar surface area (TPSA) is 79.8 Å². The molecule has 0 aliphatic carbocycles. The first-order valence-electron chi connectivity index (χ1n) is 6.93. The van der Waals surface area contributed by atoms with E-state index in [1.165, 1.54) is 6.21 Å². The summed E-state index contributed by atoms with van der Waals surface area (Å²) in [4.78, 5) is 23.4. The second-order valence-electron chi connectivity index (χ2n) is 4.80. The number of methoxy groups -OCH3 is 1. The van der Waals surface area contributed by atoms with Crippen LogP contribution in [0, 0.1) is 6.92 Å². The molecular weight excluding hydrogens is 294 g/mol. The number of nitrogens with zero attached hydrogens (tertiary/aromatic N) is 1. The molecule has 6 nitrogen and oxygen atoms in total. The highest BCUT2D eigenvalue weighted by molar-refractivity contribution is 6.39. The zero-order valence-corrected chi connectivity index (χ0v) is 12.9. The van der Waals surface area contributed by atoms with Crippen molar-refractivity contribution in [1.82, 2.24) is 5.43 Å². The number of ether oxygens (including phenoxy) is 1. The molecule has 0 saturated carbocycles. The molecule has 2 rings (SSSR count). The van der Waals surface area contributed by atoms with E-state index in [4.69, 9.17) is 4.74 Å². The zero-order valence-electron chi connectivity index (χ0n) is 12.9. The summed E-state index contributed by atoms with van der Waals surface area (Å²) in [6, 6.07) is 14.3. The molecular formula is C17H17N3O3. The van der Waals surface area contributed by atoms with Gasteiger partial charge in [-0.05, 0) is 42.3 Å². The minimum absolute atomic E-state index is 0.557. The molecule has 2 aromatic carbocycles. The Morgan fingerprint density at radius 3 is 2.61 bits per heavy atom. The number of amides is 2. The number of nitrogens with one attached hydrogen (secondary N) is 2. The highest BCUT2D eigenvalue weighted by Gasteiger charge is 2.12. The van der Waals surface area contributed by atoms with Gasteiger partial charge in [-0.25, -0.2) is 5.43 Å². The van der Waals surface area contributed by atoms with Gasteiger partial charge in [-0.2, -0.15) is 5.10 Å². The van der Waals surface area contributed by atoms with E-state index >= 15 is 0 Å². The minimum atomic E-state index is -0.842. The average molecular weight is 311 g/mol. The summed E-state index contributed by atoms with van der Waals surface area (Å²) in [6.45, 7) is 1.90. The van der Waals surface area contributed by atoms with Gasteiger partial charge in [0.1, 0.15) is 5.75 Å². The standard InChI is InChI=1S/C17H17N3O3/c1-12-5-3-7-14(9-12)19-16(21)17(22)20-18-11-13-6-4-8-15(10-13)23-2/h3-11H,1-2H3,(H,19,21)(H,20,22)/b18-11+. The Labute approximate surface area is 134 Å². The van der Waals surface area contributed by atoms with Crippen molar-refractivity contribution >= 4 is 23.7 Å². The summed E-state index contributed by atoms with van der Waals surface area (Å²) in [5.74, 6) is -0.943. The van der Waals surface area contributed by atoms with Crippen LogP contribution in [0.2, 0.25) is 0 Å². The predicted molar refractivity (Wildman–Crippen MR) is 88.5 cm³/mol. The lowest BCUT2D eigenvalue weighted by Gasteiger charge is -2.04. The van der Waals surface area contributed by atoms with Crippen LogP contribution in [-0.4, -0.2) is 25.1 Å². The summed E-state index contributed by atoms with van der Waals surface area (Å²) >= 11 is 0. The third kappa shape index (κ3) is 4.96. The van der Waals surface area contributed by atoms with Crippen LogP contribution < -0.4 is 15.5 Å². The molecule has 0 bridgehead atoms. The van der Waals surface area contributed by atoms with E-state index in [0.29, 0.717) is 11.4 Å². The third-order valence-corrected chi connectivity index (χ3v) is 2.96. The monoisotopic (exact) mass is 311 g/mol. The first-order chi connectivity index (χ1) is 11.1. The molecule has 23 heavy (non-hydrogen) atoms. The lowest BCUT2D eigenvalue weighted by Crippen LogP contribution is -2.32. The van der Waals surface area contributed by atoms with Crippen molar-refractivity contribution in [1.29, 1.82) is 0 Å². The number of aryl methyl sites for hydroxylation is 1. The number of anilines is 1. The number of carbonyl (C=O) groups excluding carboxylic acids is 2. The molecule has 0 radical (unpaired) electrons. The van der Waals surface area contributed by atoms with Crippen LogP contribution in [0.3, 0.4) is 0 Å². The van der Waals surface area contributed by atoms with Crippen LogP contribution >= 0.6 is 0 Å². The fourth-order valence-corrected chi connectivity index (χ4v) is 1.85. The molecule has 0 saturated heterocycles. The second kappa shape index (κ2) is 7.74. The smallest absolute Gasteiger partial charge is 0.329 e. The maximum absolute atomic E-state index is 11.7. The Morgan fingerprint density at radius 1 is 1.09 bits per heavy atom. The molecule has 0 heterocycles. The van der Waals surface area contributed by atoms with Crippen molar-refractivity contribution in [3.8, 4) is 5.75 Å². The summed E-state index contributed by atoms with van der Waals surface area (Å²) in [6.07, 6.45) is 1.43. The fraction of sp³-hybridized carbons (Fsp3) is 0.118.